The second-order valence-electron chi connectivity index (χ2n) is 8.64. The van der Waals surface area contributed by atoms with Crippen molar-refractivity contribution in [3.8, 4) is 28.4 Å². The number of hydrogen-bond donors (Lipinski definition) is 0. The molecular weight excluding hydrogens is 497 g/mol. The van der Waals surface area contributed by atoms with Gasteiger partial charge in [0.1, 0.15) is 0 Å². The number of fused-ring (bicyclic) bond motifs is 3. The van der Waals surface area contributed by atoms with Crippen LogP contribution < -0.4 is 10.4 Å². The summed E-state index contributed by atoms with van der Waals surface area (Å²) in [7, 11) is 3.09. The normalized spacial score (nSPS) is 11.9. The summed E-state index contributed by atoms with van der Waals surface area (Å²) in [5.74, 6) is 0.467. The van der Waals surface area contributed by atoms with Crippen molar-refractivity contribution in [1.82, 2.24) is 28.9 Å². The van der Waals surface area contributed by atoms with Crippen molar-refractivity contribution in [2.24, 2.45) is 7.05 Å². The predicted octanol–water partition coefficient (Wildman–Crippen LogP) is 5.15. The number of imidazole rings is 1. The molecule has 4 aromatic heterocycles. The molecule has 0 aliphatic heterocycles. The number of methoxy groups -OCH3 is 1. The van der Waals surface area contributed by atoms with Crippen LogP contribution in [0.25, 0.3) is 44.4 Å². The molecule has 6 aromatic rings. The molecule has 0 aliphatic rings. The van der Waals surface area contributed by atoms with Crippen LogP contribution in [0.1, 0.15) is 5.56 Å². The van der Waals surface area contributed by atoms with Gasteiger partial charge in [0, 0.05) is 42.7 Å². The Balaban J connectivity index is 1.62. The van der Waals surface area contributed by atoms with Gasteiger partial charge in [0.05, 0.1) is 46.8 Å². The lowest BCUT2D eigenvalue weighted by Crippen LogP contribution is -2.21. The third-order valence-corrected chi connectivity index (χ3v) is 6.46. The van der Waals surface area contributed by atoms with Gasteiger partial charge < -0.3 is 4.74 Å². The van der Waals surface area contributed by atoms with E-state index in [0.29, 0.717) is 27.8 Å². The minimum atomic E-state index is -4.68. The molecule has 0 N–H and O–H groups in total. The SMILES string of the molecule is COc1ccc(-c2ccc3ncc4c(c3c2)n(-c2ccc(-n3cccn3)c(C(F)(F)F)c2)c(=O)n4C)cn1. The number of aromatic nitrogens is 6. The van der Waals surface area contributed by atoms with Crippen molar-refractivity contribution < 1.29 is 17.9 Å². The minimum absolute atomic E-state index is 0.0767. The summed E-state index contributed by atoms with van der Waals surface area (Å²) >= 11 is 0. The first-order valence-corrected chi connectivity index (χ1v) is 11.5. The highest BCUT2D eigenvalue weighted by Crippen LogP contribution is 2.36. The first-order chi connectivity index (χ1) is 18.3. The fraction of sp³-hybridized carbons (Fsp3) is 0.111. The van der Waals surface area contributed by atoms with Crippen LogP contribution >= 0.6 is 0 Å². The Morgan fingerprint density at radius 1 is 0.947 bits per heavy atom. The number of aryl methyl sites for hydroxylation is 1. The van der Waals surface area contributed by atoms with Crippen LogP contribution in [0.2, 0.25) is 0 Å². The Morgan fingerprint density at radius 3 is 2.45 bits per heavy atom. The number of halogens is 3. The molecule has 2 aromatic carbocycles. The number of benzene rings is 2. The molecule has 0 saturated carbocycles. The average Bonchev–Trinajstić information content (AvgIpc) is 3.55. The predicted molar refractivity (Wildman–Crippen MR) is 136 cm³/mol. The number of rotatable bonds is 4. The van der Waals surface area contributed by atoms with Crippen LogP contribution in [0, 0.1) is 0 Å². The van der Waals surface area contributed by atoms with Crippen molar-refractivity contribution in [2.45, 2.75) is 6.18 Å². The fourth-order valence-corrected chi connectivity index (χ4v) is 4.59. The van der Waals surface area contributed by atoms with Crippen LogP contribution in [0.4, 0.5) is 13.2 Å². The molecule has 0 fully saturated rings. The maximum atomic E-state index is 14.1. The van der Waals surface area contributed by atoms with E-state index in [1.807, 2.05) is 18.2 Å². The zero-order chi connectivity index (χ0) is 26.6. The Labute approximate surface area is 213 Å². The summed E-state index contributed by atoms with van der Waals surface area (Å²) in [5.41, 5.74) is 1.66. The molecule has 0 atom stereocenters. The second kappa shape index (κ2) is 8.58. The van der Waals surface area contributed by atoms with Gasteiger partial charge in [0.2, 0.25) is 5.88 Å². The summed E-state index contributed by atoms with van der Waals surface area (Å²) in [6.45, 7) is 0. The molecule has 0 unspecified atom stereocenters. The molecule has 0 bridgehead atoms. The smallest absolute Gasteiger partial charge is 0.418 e. The molecule has 8 nitrogen and oxygen atoms in total. The summed E-state index contributed by atoms with van der Waals surface area (Å²) < 4.78 is 51.4. The van der Waals surface area contributed by atoms with E-state index in [4.69, 9.17) is 4.74 Å². The fourth-order valence-electron chi connectivity index (χ4n) is 4.59. The van der Waals surface area contributed by atoms with Gasteiger partial charge in [-0.05, 0) is 48.0 Å². The first kappa shape index (κ1) is 23.5. The number of ether oxygens (including phenoxy) is 1. The molecule has 0 aliphatic carbocycles. The van der Waals surface area contributed by atoms with E-state index in [2.05, 4.69) is 15.1 Å². The molecule has 4 heterocycles. The van der Waals surface area contributed by atoms with Crippen molar-refractivity contribution in [3.05, 3.63) is 95.4 Å². The molecule has 190 valence electrons. The molecule has 0 spiro atoms. The maximum Gasteiger partial charge on any atom is 0.418 e. The monoisotopic (exact) mass is 516 g/mol. The van der Waals surface area contributed by atoms with Crippen molar-refractivity contribution >= 4 is 21.9 Å². The lowest BCUT2D eigenvalue weighted by atomic mass is 10.0. The first-order valence-electron chi connectivity index (χ1n) is 11.5. The topological polar surface area (TPSA) is 79.8 Å². The highest BCUT2D eigenvalue weighted by molar-refractivity contribution is 6.04. The number of alkyl halides is 3. The van der Waals surface area contributed by atoms with E-state index in [0.717, 1.165) is 21.9 Å². The zero-order valence-electron chi connectivity index (χ0n) is 20.1. The molecule has 0 saturated heterocycles. The number of pyridine rings is 2. The van der Waals surface area contributed by atoms with E-state index in [9.17, 15) is 18.0 Å². The van der Waals surface area contributed by atoms with Gasteiger partial charge in [-0.1, -0.05) is 6.07 Å². The van der Waals surface area contributed by atoms with E-state index < -0.39 is 17.4 Å². The maximum absolute atomic E-state index is 14.1. The number of nitrogens with zero attached hydrogens (tertiary/aromatic N) is 6. The summed E-state index contributed by atoms with van der Waals surface area (Å²) in [6, 6.07) is 14.4. The van der Waals surface area contributed by atoms with Crippen LogP contribution in [-0.4, -0.2) is 36.0 Å². The van der Waals surface area contributed by atoms with Gasteiger partial charge in [0.15, 0.2) is 0 Å². The Bertz CT molecular complexity index is 1870. The van der Waals surface area contributed by atoms with Crippen molar-refractivity contribution in [1.29, 1.82) is 0 Å². The van der Waals surface area contributed by atoms with Gasteiger partial charge in [-0.3, -0.25) is 14.1 Å². The Hall–Kier alpha value is -4.93. The largest absolute Gasteiger partial charge is 0.481 e. The standard InChI is InChI=1S/C27H19F3N6O2/c1-34-23-15-31-21-7-4-16(17-5-9-24(38-2)32-14-17)12-19(21)25(23)36(26(34)37)18-6-8-22(35-11-3-10-33-35)20(13-18)27(28,29)30/h3-15H,1-2H3. The third-order valence-electron chi connectivity index (χ3n) is 6.46. The van der Waals surface area contributed by atoms with Gasteiger partial charge >= 0.3 is 11.9 Å². The van der Waals surface area contributed by atoms with Crippen LogP contribution in [0.15, 0.2) is 84.2 Å². The van der Waals surface area contributed by atoms with Crippen LogP contribution in [0.3, 0.4) is 0 Å². The summed E-state index contributed by atoms with van der Waals surface area (Å²) in [6.07, 6.45) is 1.37. The average molecular weight is 516 g/mol. The van der Waals surface area contributed by atoms with Crippen molar-refractivity contribution in [2.75, 3.05) is 7.11 Å². The second-order valence-corrected chi connectivity index (χ2v) is 8.64. The van der Waals surface area contributed by atoms with Gasteiger partial charge in [-0.25, -0.2) is 14.5 Å². The summed E-state index contributed by atoms with van der Waals surface area (Å²) in [4.78, 5) is 22.1. The zero-order valence-corrected chi connectivity index (χ0v) is 20.1. The van der Waals surface area contributed by atoms with Crippen LogP contribution in [0.5, 0.6) is 5.88 Å². The number of hydrogen-bond acceptors (Lipinski definition) is 5. The van der Waals surface area contributed by atoms with E-state index in [1.165, 1.54) is 40.8 Å². The van der Waals surface area contributed by atoms with E-state index in [-0.39, 0.29) is 11.4 Å². The Morgan fingerprint density at radius 2 is 1.76 bits per heavy atom. The Kier molecular flexibility index (Phi) is 5.30. The van der Waals surface area contributed by atoms with Gasteiger partial charge in [-0.2, -0.15) is 18.3 Å². The molecule has 0 amide bonds. The molecule has 38 heavy (non-hydrogen) atoms. The van der Waals surface area contributed by atoms with Crippen molar-refractivity contribution in [3.63, 3.8) is 0 Å². The molecule has 0 radical (unpaired) electrons. The third kappa shape index (κ3) is 3.71. The lowest BCUT2D eigenvalue weighted by Gasteiger charge is -2.15. The molecule has 6 rings (SSSR count). The van der Waals surface area contributed by atoms with Gasteiger partial charge in [0.25, 0.3) is 0 Å². The van der Waals surface area contributed by atoms with E-state index in [1.54, 1.807) is 37.6 Å². The quantitative estimate of drug-likeness (QED) is 0.324. The molecule has 11 heteroatoms. The molecular formula is C27H19F3N6O2. The van der Waals surface area contributed by atoms with Crippen LogP contribution in [-0.2, 0) is 13.2 Å². The highest BCUT2D eigenvalue weighted by Gasteiger charge is 2.35. The van der Waals surface area contributed by atoms with E-state index >= 15 is 0 Å². The lowest BCUT2D eigenvalue weighted by molar-refractivity contribution is -0.137. The van der Waals surface area contributed by atoms with Gasteiger partial charge in [-0.15, -0.1) is 0 Å². The summed E-state index contributed by atoms with van der Waals surface area (Å²) in [5, 5.41) is 4.56. The highest BCUT2D eigenvalue weighted by atomic mass is 19.4. The minimum Gasteiger partial charge on any atom is -0.481 e.